The van der Waals surface area contributed by atoms with Crippen molar-refractivity contribution >= 4 is 0 Å². The van der Waals surface area contributed by atoms with E-state index in [4.69, 9.17) is 0 Å². The smallest absolute Gasteiger partial charge is 1.00 e. The minimum absolute atomic E-state index is 0. The van der Waals surface area contributed by atoms with Gasteiger partial charge in [0.05, 0.1) is 0 Å². The zero-order chi connectivity index (χ0) is 3.58. The van der Waals surface area contributed by atoms with E-state index in [2.05, 4.69) is 6.58 Å². The van der Waals surface area contributed by atoms with Gasteiger partial charge in [-0.15, -0.1) is 6.58 Å². The third kappa shape index (κ3) is 32.4. The quantitative estimate of drug-likeness (QED) is 0.260. The van der Waals surface area contributed by atoms with E-state index in [0.29, 0.717) is 0 Å². The molecule has 0 fully saturated rings. The molecule has 0 saturated carbocycles. The van der Waals surface area contributed by atoms with Crippen molar-refractivity contribution in [3.8, 4) is 0 Å². The average molecular weight is 96.2 g/mol. The molecule has 0 aromatic heterocycles. The van der Waals surface area contributed by atoms with E-state index in [-0.39, 0.29) is 52.8 Å². The maximum absolute atomic E-state index is 3.56. The van der Waals surface area contributed by atoms with Crippen molar-refractivity contribution in [2.75, 3.05) is 0 Å². The second-order valence-electron chi connectivity index (χ2n) is 1.21. The first kappa shape index (κ1) is 9.62. The fraction of sp³-hybridized carbons (Fsp3) is 0.500. The fourth-order valence-electron chi connectivity index (χ4n) is 0. The van der Waals surface area contributed by atoms with Gasteiger partial charge in [0, 0.05) is 0 Å². The first-order valence-electron chi connectivity index (χ1n) is 1.35. The average Bonchev–Trinajstić information content (AvgIpc) is 0.811. The van der Waals surface area contributed by atoms with Gasteiger partial charge in [0.25, 0.3) is 0 Å². The third-order valence-electron chi connectivity index (χ3n) is 0. The fourth-order valence-corrected chi connectivity index (χ4v) is 0. The van der Waals surface area contributed by atoms with Gasteiger partial charge in [-0.3, -0.25) is 0 Å². The summed E-state index contributed by atoms with van der Waals surface area (Å²) in [5.74, 6) is 0. The van der Waals surface area contributed by atoms with Gasteiger partial charge in [-0.2, -0.15) is 0 Å². The van der Waals surface area contributed by atoms with Crippen molar-refractivity contribution in [2.45, 2.75) is 13.8 Å². The zero-order valence-corrected chi connectivity index (χ0v) is 7.33. The molecule has 0 aliphatic rings. The minimum atomic E-state index is 0. The predicted molar refractivity (Wildman–Crippen MR) is 21.6 cm³/mol. The van der Waals surface area contributed by atoms with Crippen LogP contribution in [-0.4, -0.2) is 0 Å². The monoisotopic (exact) mass is 96.0 g/mol. The number of allylic oxidation sites excluding steroid dienone is 1. The van der Waals surface area contributed by atoms with Gasteiger partial charge in [0.1, 0.15) is 0 Å². The molecule has 5 heavy (non-hydrogen) atoms. The van der Waals surface area contributed by atoms with Crippen LogP contribution >= 0.6 is 0 Å². The van der Waals surface area contributed by atoms with Gasteiger partial charge >= 0.3 is 51.4 Å². The maximum Gasteiger partial charge on any atom is 1.00 e. The molecule has 0 heterocycles. The second kappa shape index (κ2) is 5.38. The molecule has 26 valence electrons. The van der Waals surface area contributed by atoms with Crippen LogP contribution in [0.4, 0.5) is 0 Å². The second-order valence-corrected chi connectivity index (χ2v) is 1.21. The molecule has 0 aliphatic carbocycles. The molecule has 0 rings (SSSR count). The van der Waals surface area contributed by atoms with E-state index in [1.54, 1.807) is 0 Å². The molecule has 0 aromatic carbocycles. The van der Waals surface area contributed by atoms with Crippen molar-refractivity contribution in [3.05, 3.63) is 12.2 Å². The van der Waals surface area contributed by atoms with Crippen LogP contribution in [0.5, 0.6) is 0 Å². The van der Waals surface area contributed by atoms with E-state index in [1.807, 2.05) is 13.8 Å². The van der Waals surface area contributed by atoms with Crippen LogP contribution in [0.2, 0.25) is 0 Å². The number of rotatable bonds is 0. The van der Waals surface area contributed by atoms with E-state index < -0.39 is 0 Å². The van der Waals surface area contributed by atoms with Crippen LogP contribution in [-0.2, 0) is 0 Å². The summed E-state index contributed by atoms with van der Waals surface area (Å²) in [7, 11) is 0. The Morgan fingerprint density at radius 3 is 1.60 bits per heavy atom. The molecule has 1 heteroatoms. The Bertz CT molecular complexity index is 30.5. The van der Waals surface area contributed by atoms with Crippen LogP contribution in [0.1, 0.15) is 15.3 Å². The standard InChI is InChI=1S/C4H8.K.H/c1-4(2)3;;/h1H2,2-3H3;;/q;+1;-1. The van der Waals surface area contributed by atoms with Crippen molar-refractivity contribution in [1.82, 2.24) is 0 Å². The Morgan fingerprint density at radius 1 is 1.60 bits per heavy atom. The van der Waals surface area contributed by atoms with Crippen molar-refractivity contribution in [1.29, 1.82) is 0 Å². The third-order valence-corrected chi connectivity index (χ3v) is 0. The van der Waals surface area contributed by atoms with Crippen LogP contribution < -0.4 is 51.4 Å². The minimum Gasteiger partial charge on any atom is -1.00 e. The van der Waals surface area contributed by atoms with Gasteiger partial charge in [0.2, 0.25) is 0 Å². The largest absolute Gasteiger partial charge is 1.00 e. The summed E-state index contributed by atoms with van der Waals surface area (Å²) in [5.41, 5.74) is 1.17. The van der Waals surface area contributed by atoms with Gasteiger partial charge in [-0.25, -0.2) is 0 Å². The summed E-state index contributed by atoms with van der Waals surface area (Å²) in [6, 6.07) is 0. The molecule has 0 atom stereocenters. The zero-order valence-electron chi connectivity index (χ0n) is 5.21. The molecule has 0 amide bonds. The molecule has 0 nitrogen and oxygen atoms in total. The van der Waals surface area contributed by atoms with Gasteiger partial charge in [-0.05, 0) is 13.8 Å². The maximum atomic E-state index is 3.56. The number of hydrogen-bond acceptors (Lipinski definition) is 0. The van der Waals surface area contributed by atoms with E-state index in [1.165, 1.54) is 5.57 Å². The van der Waals surface area contributed by atoms with Crippen LogP contribution in [0, 0.1) is 0 Å². The molecule has 0 saturated heterocycles. The summed E-state index contributed by atoms with van der Waals surface area (Å²) in [5, 5.41) is 0. The summed E-state index contributed by atoms with van der Waals surface area (Å²) >= 11 is 0. The molecule has 0 aromatic rings. The Morgan fingerprint density at radius 2 is 1.60 bits per heavy atom. The van der Waals surface area contributed by atoms with Gasteiger partial charge in [-0.1, -0.05) is 5.57 Å². The molecule has 0 unspecified atom stereocenters. The molecule has 0 spiro atoms. The molecular weight excluding hydrogens is 87.1 g/mol. The van der Waals surface area contributed by atoms with E-state index in [9.17, 15) is 0 Å². The summed E-state index contributed by atoms with van der Waals surface area (Å²) < 4.78 is 0. The normalized spacial score (nSPS) is 5.20. The van der Waals surface area contributed by atoms with Crippen molar-refractivity contribution in [2.24, 2.45) is 0 Å². The van der Waals surface area contributed by atoms with Crippen molar-refractivity contribution < 1.29 is 52.8 Å². The Hall–Kier alpha value is 1.38. The summed E-state index contributed by atoms with van der Waals surface area (Å²) in [4.78, 5) is 0. The van der Waals surface area contributed by atoms with Crippen LogP contribution in [0.3, 0.4) is 0 Å². The molecule has 0 bridgehead atoms. The van der Waals surface area contributed by atoms with Gasteiger partial charge < -0.3 is 1.43 Å². The topological polar surface area (TPSA) is 0 Å². The Labute approximate surface area is 77.6 Å². The first-order chi connectivity index (χ1) is 1.73. The number of hydrogen-bond donors (Lipinski definition) is 0. The van der Waals surface area contributed by atoms with Crippen molar-refractivity contribution in [3.63, 3.8) is 0 Å². The first-order valence-corrected chi connectivity index (χ1v) is 1.35. The summed E-state index contributed by atoms with van der Waals surface area (Å²) in [6.07, 6.45) is 0. The van der Waals surface area contributed by atoms with E-state index in [0.717, 1.165) is 0 Å². The Kier molecular flexibility index (Phi) is 10.3. The molecule has 0 N–H and O–H groups in total. The molecular formula is C4H9K. The van der Waals surface area contributed by atoms with E-state index >= 15 is 0 Å². The van der Waals surface area contributed by atoms with Crippen LogP contribution in [0.15, 0.2) is 12.2 Å². The Balaban J connectivity index is -0.0000000450. The molecule has 0 aliphatic heterocycles. The SMILES string of the molecule is C=C(C)C.[H-].[K+]. The summed E-state index contributed by atoms with van der Waals surface area (Å²) in [6.45, 7) is 7.50. The van der Waals surface area contributed by atoms with Crippen LogP contribution in [0.25, 0.3) is 0 Å². The van der Waals surface area contributed by atoms with Gasteiger partial charge in [0.15, 0.2) is 0 Å². The predicted octanol–water partition coefficient (Wildman–Crippen LogP) is -1.30. The molecule has 0 radical (unpaired) electrons.